The van der Waals surface area contributed by atoms with Crippen LogP contribution in [0, 0.1) is 5.92 Å². The van der Waals surface area contributed by atoms with Gasteiger partial charge in [-0.05, 0) is 17.7 Å². The number of nitrogens with one attached hydrogen (secondary N) is 1. The van der Waals surface area contributed by atoms with Crippen molar-refractivity contribution in [3.8, 4) is 11.5 Å². The van der Waals surface area contributed by atoms with Crippen LogP contribution in [0.1, 0.15) is 17.9 Å². The number of carbonyl (C=O) groups excluding carboxylic acids is 1. The lowest BCUT2D eigenvalue weighted by atomic mass is 9.77. The largest absolute Gasteiger partial charge is 0.454 e. The van der Waals surface area contributed by atoms with Crippen molar-refractivity contribution in [2.75, 3.05) is 6.79 Å². The first-order valence-corrected chi connectivity index (χ1v) is 6.78. The van der Waals surface area contributed by atoms with Crippen LogP contribution in [-0.2, 0) is 4.79 Å². The Morgan fingerprint density at radius 1 is 1.20 bits per heavy atom. The first kappa shape index (κ1) is 11.8. The summed E-state index contributed by atoms with van der Waals surface area (Å²) in [5.74, 6) is 1.50. The number of amides is 1. The number of fused-ring (bicyclic) bond motifs is 2. The third-order valence-corrected chi connectivity index (χ3v) is 4.33. The highest BCUT2D eigenvalue weighted by atomic mass is 16.7. The van der Waals surface area contributed by atoms with E-state index >= 15 is 0 Å². The van der Waals surface area contributed by atoms with Crippen LogP contribution >= 0.6 is 0 Å². The van der Waals surface area contributed by atoms with E-state index in [1.807, 2.05) is 24.3 Å². The molecule has 0 radical (unpaired) electrons. The van der Waals surface area contributed by atoms with Crippen LogP contribution in [-0.4, -0.2) is 30.0 Å². The van der Waals surface area contributed by atoms with Crippen LogP contribution in [0.5, 0.6) is 11.5 Å². The molecule has 2 N–H and O–H groups in total. The Morgan fingerprint density at radius 2 is 2.05 bits per heavy atom. The molecule has 5 nitrogen and oxygen atoms in total. The fourth-order valence-electron chi connectivity index (χ4n) is 3.32. The van der Waals surface area contributed by atoms with Gasteiger partial charge in [0.05, 0.1) is 6.10 Å². The van der Waals surface area contributed by atoms with Gasteiger partial charge in [-0.1, -0.05) is 18.2 Å². The molecule has 4 atom stereocenters. The number of rotatable bonds is 1. The van der Waals surface area contributed by atoms with E-state index in [9.17, 15) is 9.90 Å². The Labute approximate surface area is 116 Å². The molecule has 1 aromatic carbocycles. The molecule has 1 aromatic rings. The smallest absolute Gasteiger partial charge is 0.231 e. The van der Waals surface area contributed by atoms with Crippen molar-refractivity contribution in [3.05, 3.63) is 35.9 Å². The summed E-state index contributed by atoms with van der Waals surface area (Å²) in [6.45, 7) is 0.251. The Bertz CT molecular complexity index is 598. The maximum absolute atomic E-state index is 11.6. The lowest BCUT2D eigenvalue weighted by Crippen LogP contribution is -2.41. The topological polar surface area (TPSA) is 67.8 Å². The number of hydrogen-bond donors (Lipinski definition) is 2. The molecule has 0 unspecified atom stereocenters. The molecule has 20 heavy (non-hydrogen) atoms. The maximum Gasteiger partial charge on any atom is 0.231 e. The second-order valence-corrected chi connectivity index (χ2v) is 5.48. The van der Waals surface area contributed by atoms with Crippen LogP contribution in [0.4, 0.5) is 0 Å². The SMILES string of the molecule is O=C1C[C@@H]2[C@H](N1)[C@@H](c1ccc3c(c1)OCO3)C=C[C@@H]2O. The molecule has 0 aromatic heterocycles. The monoisotopic (exact) mass is 273 g/mol. The average Bonchev–Trinajstić information content (AvgIpc) is 3.04. The van der Waals surface area contributed by atoms with Gasteiger partial charge >= 0.3 is 0 Å². The van der Waals surface area contributed by atoms with Gasteiger partial charge in [0.2, 0.25) is 12.7 Å². The van der Waals surface area contributed by atoms with Crippen molar-refractivity contribution in [1.82, 2.24) is 5.32 Å². The minimum absolute atomic E-state index is 0.00786. The average molecular weight is 273 g/mol. The number of hydrogen-bond acceptors (Lipinski definition) is 4. The molecule has 0 spiro atoms. The van der Waals surface area contributed by atoms with Crippen LogP contribution in [0.3, 0.4) is 0 Å². The second kappa shape index (κ2) is 4.24. The lowest BCUT2D eigenvalue weighted by molar-refractivity contribution is -0.119. The zero-order valence-corrected chi connectivity index (χ0v) is 10.8. The predicted molar refractivity (Wildman–Crippen MR) is 70.5 cm³/mol. The Kier molecular flexibility index (Phi) is 2.50. The fraction of sp³-hybridized carbons (Fsp3) is 0.400. The van der Waals surface area contributed by atoms with Crippen molar-refractivity contribution < 1.29 is 19.4 Å². The van der Waals surface area contributed by atoms with Gasteiger partial charge in [-0.3, -0.25) is 4.79 Å². The van der Waals surface area contributed by atoms with E-state index in [2.05, 4.69) is 5.32 Å². The number of ether oxygens (including phenoxy) is 2. The molecule has 104 valence electrons. The molecule has 1 saturated heterocycles. The fourth-order valence-corrected chi connectivity index (χ4v) is 3.32. The quantitative estimate of drug-likeness (QED) is 0.747. The van der Waals surface area contributed by atoms with Crippen molar-refractivity contribution in [1.29, 1.82) is 0 Å². The normalized spacial score (nSPS) is 34.0. The van der Waals surface area contributed by atoms with E-state index in [1.165, 1.54) is 0 Å². The van der Waals surface area contributed by atoms with Gasteiger partial charge in [-0.2, -0.15) is 0 Å². The maximum atomic E-state index is 11.6. The molecule has 3 aliphatic rings. The highest BCUT2D eigenvalue weighted by Gasteiger charge is 2.43. The van der Waals surface area contributed by atoms with Gasteiger partial charge in [0.25, 0.3) is 0 Å². The van der Waals surface area contributed by atoms with Gasteiger partial charge in [-0.25, -0.2) is 0 Å². The van der Waals surface area contributed by atoms with E-state index < -0.39 is 6.10 Å². The van der Waals surface area contributed by atoms with Crippen LogP contribution in [0.15, 0.2) is 30.4 Å². The minimum atomic E-state index is -0.552. The highest BCUT2D eigenvalue weighted by molar-refractivity contribution is 5.79. The molecule has 4 rings (SSSR count). The van der Waals surface area contributed by atoms with Crippen molar-refractivity contribution >= 4 is 5.91 Å². The molecule has 2 heterocycles. The van der Waals surface area contributed by atoms with E-state index in [-0.39, 0.29) is 30.6 Å². The first-order valence-electron chi connectivity index (χ1n) is 6.78. The summed E-state index contributed by atoms with van der Waals surface area (Å²) in [6, 6.07) is 5.78. The molecular formula is C15H15NO4. The van der Waals surface area contributed by atoms with Crippen molar-refractivity contribution in [2.45, 2.75) is 24.5 Å². The third kappa shape index (κ3) is 1.70. The van der Waals surface area contributed by atoms with Crippen molar-refractivity contribution in [2.24, 2.45) is 5.92 Å². The summed E-state index contributed by atoms with van der Waals surface area (Å²) in [6.07, 6.45) is 3.59. The molecule has 2 aliphatic heterocycles. The lowest BCUT2D eigenvalue weighted by Gasteiger charge is -2.32. The Hall–Kier alpha value is -2.01. The van der Waals surface area contributed by atoms with Crippen molar-refractivity contribution in [3.63, 3.8) is 0 Å². The van der Waals surface area contributed by atoms with E-state index in [1.54, 1.807) is 6.08 Å². The summed E-state index contributed by atoms with van der Waals surface area (Å²) < 4.78 is 10.7. The molecule has 5 heteroatoms. The summed E-state index contributed by atoms with van der Waals surface area (Å²) in [7, 11) is 0. The van der Waals surface area contributed by atoms with E-state index in [0.717, 1.165) is 17.1 Å². The summed E-state index contributed by atoms with van der Waals surface area (Å²) >= 11 is 0. The standard InChI is InChI=1S/C15H15NO4/c17-11-3-2-9(15-10(11)6-14(18)16-15)8-1-4-12-13(5-8)20-7-19-12/h1-5,9-11,15,17H,6-7H2,(H,16,18)/t9-,10+,11+,15-/m1/s1. The second-order valence-electron chi connectivity index (χ2n) is 5.48. The predicted octanol–water partition coefficient (Wildman–Crippen LogP) is 0.934. The molecular weight excluding hydrogens is 258 g/mol. The summed E-state index contributed by atoms with van der Waals surface area (Å²) in [5, 5.41) is 13.0. The highest BCUT2D eigenvalue weighted by Crippen LogP contribution is 2.40. The zero-order valence-electron chi connectivity index (χ0n) is 10.8. The molecule has 1 amide bonds. The summed E-state index contributed by atoms with van der Waals surface area (Å²) in [5.41, 5.74) is 1.06. The van der Waals surface area contributed by atoms with Crippen LogP contribution < -0.4 is 14.8 Å². The van der Waals surface area contributed by atoms with Crippen LogP contribution in [0.2, 0.25) is 0 Å². The van der Waals surface area contributed by atoms with Crippen LogP contribution in [0.25, 0.3) is 0 Å². The van der Waals surface area contributed by atoms with Gasteiger partial charge in [-0.15, -0.1) is 0 Å². The Morgan fingerprint density at radius 3 is 2.95 bits per heavy atom. The third-order valence-electron chi connectivity index (χ3n) is 4.33. The molecule has 0 bridgehead atoms. The molecule has 1 aliphatic carbocycles. The first-order chi connectivity index (χ1) is 9.72. The molecule has 0 saturated carbocycles. The van der Waals surface area contributed by atoms with Gasteiger partial charge < -0.3 is 19.9 Å². The summed E-state index contributed by atoms with van der Waals surface area (Å²) in [4.78, 5) is 11.6. The number of aliphatic hydroxyl groups is 1. The zero-order chi connectivity index (χ0) is 13.7. The number of carbonyl (C=O) groups is 1. The van der Waals surface area contributed by atoms with Gasteiger partial charge in [0.1, 0.15) is 0 Å². The van der Waals surface area contributed by atoms with E-state index in [4.69, 9.17) is 9.47 Å². The number of benzene rings is 1. The minimum Gasteiger partial charge on any atom is -0.454 e. The Balaban J connectivity index is 1.70. The van der Waals surface area contributed by atoms with Gasteiger partial charge in [0, 0.05) is 24.3 Å². The number of aliphatic hydroxyl groups excluding tert-OH is 1. The molecule has 1 fully saturated rings. The van der Waals surface area contributed by atoms with E-state index in [0.29, 0.717) is 6.42 Å². The van der Waals surface area contributed by atoms with Gasteiger partial charge in [0.15, 0.2) is 11.5 Å².